The van der Waals surface area contributed by atoms with E-state index in [-0.39, 0.29) is 30.3 Å². The summed E-state index contributed by atoms with van der Waals surface area (Å²) in [7, 11) is 0. The van der Waals surface area contributed by atoms with Crippen molar-refractivity contribution in [1.29, 1.82) is 0 Å². The topological polar surface area (TPSA) is 107 Å². The second-order valence-electron chi connectivity index (χ2n) is 9.64. The van der Waals surface area contributed by atoms with E-state index in [1.807, 2.05) is 6.07 Å². The van der Waals surface area contributed by atoms with Crippen molar-refractivity contribution in [3.63, 3.8) is 0 Å². The number of benzene rings is 1. The molecule has 218 valence electrons. The van der Waals surface area contributed by atoms with Crippen molar-refractivity contribution in [2.24, 2.45) is 0 Å². The number of carbonyl (C=O) groups is 2. The van der Waals surface area contributed by atoms with Crippen molar-refractivity contribution in [2.45, 2.75) is 19.1 Å². The summed E-state index contributed by atoms with van der Waals surface area (Å²) in [6, 6.07) is 8.16. The summed E-state index contributed by atoms with van der Waals surface area (Å²) >= 11 is 0. The fourth-order valence-corrected chi connectivity index (χ4v) is 4.66. The van der Waals surface area contributed by atoms with Crippen molar-refractivity contribution >= 4 is 29.3 Å². The molecular formula is C28H26F4N8O2. The number of aromatic nitrogens is 3. The maximum Gasteiger partial charge on any atom is 0.416 e. The number of anilines is 3. The van der Waals surface area contributed by atoms with Crippen LogP contribution in [0.25, 0.3) is 0 Å². The number of nitrogens with one attached hydrogen (secondary N) is 2. The fraction of sp³-hybridized carbons (Fsp3) is 0.321. The van der Waals surface area contributed by atoms with Gasteiger partial charge in [-0.25, -0.2) is 14.2 Å². The molecule has 10 nitrogen and oxygen atoms in total. The van der Waals surface area contributed by atoms with Crippen LogP contribution in [0.1, 0.15) is 17.0 Å². The van der Waals surface area contributed by atoms with E-state index in [1.165, 1.54) is 24.0 Å². The van der Waals surface area contributed by atoms with Gasteiger partial charge in [-0.3, -0.25) is 14.6 Å². The lowest BCUT2D eigenvalue weighted by molar-refractivity contribution is -0.137. The number of carbonyl (C=O) groups excluding carboxylic acids is 2. The summed E-state index contributed by atoms with van der Waals surface area (Å²) in [5.41, 5.74) is -0.330. The van der Waals surface area contributed by atoms with Gasteiger partial charge < -0.3 is 15.5 Å². The molecule has 4 heterocycles. The molecule has 5 rings (SSSR count). The Labute approximate surface area is 238 Å². The Morgan fingerprint density at radius 3 is 2.48 bits per heavy atom. The summed E-state index contributed by atoms with van der Waals surface area (Å²) in [5.74, 6) is 4.96. The molecule has 0 radical (unpaired) electrons. The first kappa shape index (κ1) is 28.7. The molecule has 2 fully saturated rings. The Bertz CT molecular complexity index is 1510. The lowest BCUT2D eigenvalue weighted by atomic mass is 10.1. The van der Waals surface area contributed by atoms with Gasteiger partial charge in [0, 0.05) is 44.1 Å². The van der Waals surface area contributed by atoms with E-state index in [1.54, 1.807) is 6.07 Å². The highest BCUT2D eigenvalue weighted by Crippen LogP contribution is 2.33. The van der Waals surface area contributed by atoms with Crippen LogP contribution in [0.4, 0.5) is 39.7 Å². The number of piperazine rings is 1. The van der Waals surface area contributed by atoms with Crippen LogP contribution in [-0.4, -0.2) is 72.4 Å². The minimum atomic E-state index is -4.68. The Kier molecular flexibility index (Phi) is 8.21. The largest absolute Gasteiger partial charge is 0.416 e. The van der Waals surface area contributed by atoms with Crippen LogP contribution >= 0.6 is 0 Å². The first-order valence-corrected chi connectivity index (χ1v) is 13.1. The molecule has 14 heteroatoms. The van der Waals surface area contributed by atoms with Gasteiger partial charge >= 0.3 is 12.2 Å². The van der Waals surface area contributed by atoms with Crippen LogP contribution in [0.5, 0.6) is 0 Å². The van der Waals surface area contributed by atoms with Gasteiger partial charge in [-0.2, -0.15) is 13.2 Å². The van der Waals surface area contributed by atoms with E-state index in [0.29, 0.717) is 5.69 Å². The SMILES string of the molecule is Cc1cc(C(F)(F)F)cc(N2C(=O)NC[C@H]2C(=O)N(CC#Cc2ccc(N3CCNCC3)nn2)c2ccc(F)cc2)n1. The number of amides is 3. The summed E-state index contributed by atoms with van der Waals surface area (Å²) in [6.45, 7) is 4.30. The van der Waals surface area contributed by atoms with E-state index in [0.717, 1.165) is 61.2 Å². The Morgan fingerprint density at radius 2 is 1.81 bits per heavy atom. The van der Waals surface area contributed by atoms with E-state index in [4.69, 9.17) is 0 Å². The molecule has 3 aromatic rings. The molecule has 0 unspecified atom stereocenters. The number of nitrogens with zero attached hydrogens (tertiary/aromatic N) is 6. The molecule has 2 aliphatic heterocycles. The van der Waals surface area contributed by atoms with Crippen LogP contribution in [0, 0.1) is 24.6 Å². The molecule has 0 bridgehead atoms. The Morgan fingerprint density at radius 1 is 1.07 bits per heavy atom. The zero-order valence-electron chi connectivity index (χ0n) is 22.5. The third-order valence-electron chi connectivity index (χ3n) is 6.73. The minimum Gasteiger partial charge on any atom is -0.353 e. The van der Waals surface area contributed by atoms with Gasteiger partial charge in [0.2, 0.25) is 0 Å². The number of halogens is 4. The number of pyridine rings is 1. The molecule has 2 aromatic heterocycles. The zero-order valence-corrected chi connectivity index (χ0v) is 22.5. The predicted octanol–water partition coefficient (Wildman–Crippen LogP) is 2.73. The van der Waals surface area contributed by atoms with Crippen molar-refractivity contribution in [3.05, 3.63) is 71.3 Å². The van der Waals surface area contributed by atoms with Gasteiger partial charge in [0.05, 0.1) is 12.1 Å². The highest BCUT2D eigenvalue weighted by Gasteiger charge is 2.41. The highest BCUT2D eigenvalue weighted by atomic mass is 19.4. The molecule has 1 atom stereocenters. The monoisotopic (exact) mass is 582 g/mol. The lowest BCUT2D eigenvalue weighted by Crippen LogP contribution is -2.48. The Hall–Kier alpha value is -4.77. The molecule has 1 aromatic carbocycles. The number of alkyl halides is 3. The second-order valence-corrected chi connectivity index (χ2v) is 9.64. The average Bonchev–Trinajstić information content (AvgIpc) is 3.37. The summed E-state index contributed by atoms with van der Waals surface area (Å²) in [5, 5.41) is 14.2. The number of rotatable bonds is 5. The first-order chi connectivity index (χ1) is 20.1. The smallest absolute Gasteiger partial charge is 0.353 e. The molecule has 3 amide bonds. The van der Waals surface area contributed by atoms with Gasteiger partial charge in [-0.1, -0.05) is 5.92 Å². The van der Waals surface area contributed by atoms with Gasteiger partial charge in [0.15, 0.2) is 5.82 Å². The molecule has 2 aliphatic rings. The summed E-state index contributed by atoms with van der Waals surface area (Å²) in [4.78, 5) is 34.9. The predicted molar refractivity (Wildman–Crippen MR) is 146 cm³/mol. The lowest BCUT2D eigenvalue weighted by Gasteiger charge is -2.28. The van der Waals surface area contributed by atoms with Gasteiger partial charge in [-0.05, 0) is 61.4 Å². The maximum atomic E-state index is 13.8. The average molecular weight is 583 g/mol. The van der Waals surface area contributed by atoms with E-state index in [2.05, 4.69) is 42.6 Å². The number of urea groups is 1. The van der Waals surface area contributed by atoms with Gasteiger partial charge in [0.1, 0.15) is 23.4 Å². The molecule has 2 N–H and O–H groups in total. The Balaban J connectivity index is 1.40. The van der Waals surface area contributed by atoms with Crippen molar-refractivity contribution in [1.82, 2.24) is 25.8 Å². The standard InChI is InChI=1S/C28H26F4N8O2/c1-18-15-19(28(30,31)32)16-25(35-18)40-23(17-34-27(40)42)26(41)39(22-7-4-20(29)5-8-22)12-2-3-21-6-9-24(37-36-21)38-13-10-33-11-14-38/h4-9,15-16,23,33H,10-14,17H2,1H3,(H,34,42)/t23-/m0/s1. The summed E-state index contributed by atoms with van der Waals surface area (Å²) in [6.07, 6.45) is -4.68. The van der Waals surface area contributed by atoms with Crippen LogP contribution in [-0.2, 0) is 11.0 Å². The second kappa shape index (κ2) is 12.0. The van der Waals surface area contributed by atoms with E-state index in [9.17, 15) is 27.2 Å². The molecule has 2 saturated heterocycles. The summed E-state index contributed by atoms with van der Waals surface area (Å²) < 4.78 is 54.1. The van der Waals surface area contributed by atoms with Crippen LogP contribution < -0.4 is 25.3 Å². The third kappa shape index (κ3) is 6.41. The van der Waals surface area contributed by atoms with E-state index >= 15 is 0 Å². The number of hydrogen-bond donors (Lipinski definition) is 2. The molecule has 0 saturated carbocycles. The molecule has 0 spiro atoms. The molecular weight excluding hydrogens is 556 g/mol. The van der Waals surface area contributed by atoms with Gasteiger partial charge in [-0.15, -0.1) is 10.2 Å². The van der Waals surface area contributed by atoms with Crippen molar-refractivity contribution < 1.29 is 27.2 Å². The minimum absolute atomic E-state index is 0.0241. The number of aryl methyl sites for hydroxylation is 1. The van der Waals surface area contributed by atoms with Crippen LogP contribution in [0.15, 0.2) is 48.5 Å². The quantitative estimate of drug-likeness (QED) is 0.352. The van der Waals surface area contributed by atoms with Crippen LogP contribution in [0.3, 0.4) is 0 Å². The first-order valence-electron chi connectivity index (χ1n) is 13.1. The zero-order chi connectivity index (χ0) is 29.9. The molecule has 42 heavy (non-hydrogen) atoms. The van der Waals surface area contributed by atoms with Crippen LogP contribution in [0.2, 0.25) is 0 Å². The number of hydrogen-bond acceptors (Lipinski definition) is 7. The highest BCUT2D eigenvalue weighted by molar-refractivity contribution is 6.08. The maximum absolute atomic E-state index is 13.8. The van der Waals surface area contributed by atoms with E-state index < -0.39 is 35.5 Å². The molecule has 0 aliphatic carbocycles. The van der Waals surface area contributed by atoms with Gasteiger partial charge in [0.25, 0.3) is 5.91 Å². The van der Waals surface area contributed by atoms with Crippen molar-refractivity contribution in [3.8, 4) is 11.8 Å². The van der Waals surface area contributed by atoms with Crippen molar-refractivity contribution in [2.75, 3.05) is 54.0 Å². The third-order valence-corrected chi connectivity index (χ3v) is 6.73. The normalized spacial score (nSPS) is 17.0. The fourth-order valence-electron chi connectivity index (χ4n) is 4.66.